The number of ether oxygens (including phenoxy) is 1. The standard InChI is InChI=1S/C26H29N5O4S/c1-17-7-6-10-23(13-17)31-15-22(27-30-31)16-34-24-12-11-20(26-18(2)28-35-19(26)3)14-25(24)36(32,33)29-21-8-4-5-9-21/h6-7,10-15,21,29H,4-5,8-9,16H2,1-3H3. The lowest BCUT2D eigenvalue weighted by molar-refractivity contribution is 0.293. The van der Waals surface area contributed by atoms with Gasteiger partial charge in [0.15, 0.2) is 0 Å². The van der Waals surface area contributed by atoms with E-state index in [9.17, 15) is 8.42 Å². The van der Waals surface area contributed by atoms with Crippen LogP contribution in [-0.2, 0) is 16.6 Å². The maximum Gasteiger partial charge on any atom is 0.244 e. The monoisotopic (exact) mass is 507 g/mol. The Hall–Kier alpha value is -3.50. The Morgan fingerprint density at radius 3 is 2.64 bits per heavy atom. The number of sulfonamides is 1. The Bertz CT molecular complexity index is 1470. The molecule has 36 heavy (non-hydrogen) atoms. The predicted molar refractivity (Wildman–Crippen MR) is 134 cm³/mol. The summed E-state index contributed by atoms with van der Waals surface area (Å²) in [5.41, 5.74) is 4.76. The number of benzene rings is 2. The van der Waals surface area contributed by atoms with E-state index in [1.54, 1.807) is 23.0 Å². The number of hydrogen-bond acceptors (Lipinski definition) is 7. The molecule has 0 saturated heterocycles. The summed E-state index contributed by atoms with van der Waals surface area (Å²) in [6.45, 7) is 5.72. The third-order valence-electron chi connectivity index (χ3n) is 6.41. The smallest absolute Gasteiger partial charge is 0.244 e. The summed E-state index contributed by atoms with van der Waals surface area (Å²) in [5.74, 6) is 0.877. The number of nitrogens with zero attached hydrogens (tertiary/aromatic N) is 4. The van der Waals surface area contributed by atoms with Gasteiger partial charge in [0.25, 0.3) is 0 Å². The highest BCUT2D eigenvalue weighted by Gasteiger charge is 2.27. The summed E-state index contributed by atoms with van der Waals surface area (Å²) in [6.07, 6.45) is 5.48. The van der Waals surface area contributed by atoms with Crippen LogP contribution < -0.4 is 9.46 Å². The van der Waals surface area contributed by atoms with Gasteiger partial charge in [-0.05, 0) is 69.0 Å². The highest BCUT2D eigenvalue weighted by molar-refractivity contribution is 7.89. The molecule has 1 N–H and O–H groups in total. The Kier molecular flexibility index (Phi) is 6.63. The first kappa shape index (κ1) is 24.2. The lowest BCUT2D eigenvalue weighted by atomic mass is 10.0. The van der Waals surface area contributed by atoms with Gasteiger partial charge in [-0.25, -0.2) is 17.8 Å². The Morgan fingerprint density at radius 1 is 1.11 bits per heavy atom. The second kappa shape index (κ2) is 9.87. The molecule has 188 valence electrons. The summed E-state index contributed by atoms with van der Waals surface area (Å²) in [6, 6.07) is 13.0. The first-order valence-corrected chi connectivity index (χ1v) is 13.5. The van der Waals surface area contributed by atoms with Gasteiger partial charge in [-0.3, -0.25) is 0 Å². The van der Waals surface area contributed by atoms with Crippen LogP contribution in [0.5, 0.6) is 5.75 Å². The predicted octanol–water partition coefficient (Wildman–Crippen LogP) is 4.65. The van der Waals surface area contributed by atoms with Gasteiger partial charge >= 0.3 is 0 Å². The van der Waals surface area contributed by atoms with Crippen molar-refractivity contribution in [2.24, 2.45) is 0 Å². The molecule has 2 aromatic carbocycles. The SMILES string of the molecule is Cc1cccc(-n2cc(COc3ccc(-c4c(C)noc4C)cc3S(=O)(=O)NC3CCCC3)nn2)c1. The van der Waals surface area contributed by atoms with Gasteiger partial charge in [0.2, 0.25) is 10.0 Å². The van der Waals surface area contributed by atoms with Crippen molar-refractivity contribution in [1.82, 2.24) is 24.9 Å². The third-order valence-corrected chi connectivity index (χ3v) is 7.96. The van der Waals surface area contributed by atoms with E-state index in [-0.39, 0.29) is 23.3 Å². The minimum Gasteiger partial charge on any atom is -0.486 e. The molecule has 0 unspecified atom stereocenters. The van der Waals surface area contributed by atoms with E-state index in [0.717, 1.165) is 42.5 Å². The second-order valence-electron chi connectivity index (χ2n) is 9.25. The molecule has 1 aliphatic carbocycles. The quantitative estimate of drug-likeness (QED) is 0.369. The summed E-state index contributed by atoms with van der Waals surface area (Å²) < 4.78 is 42.8. The normalized spacial score (nSPS) is 14.4. The zero-order chi connectivity index (χ0) is 25.3. The van der Waals surface area contributed by atoms with Crippen LogP contribution >= 0.6 is 0 Å². The van der Waals surface area contributed by atoms with E-state index in [2.05, 4.69) is 20.2 Å². The van der Waals surface area contributed by atoms with Gasteiger partial charge in [-0.1, -0.05) is 41.4 Å². The van der Waals surface area contributed by atoms with Crippen LogP contribution in [-0.4, -0.2) is 34.6 Å². The van der Waals surface area contributed by atoms with Crippen molar-refractivity contribution in [3.05, 3.63) is 71.4 Å². The lowest BCUT2D eigenvalue weighted by Gasteiger charge is -2.16. The first-order valence-electron chi connectivity index (χ1n) is 12.0. The van der Waals surface area contributed by atoms with Crippen LogP contribution in [0.1, 0.15) is 48.4 Å². The largest absolute Gasteiger partial charge is 0.486 e. The molecule has 4 aromatic rings. The van der Waals surface area contributed by atoms with E-state index < -0.39 is 10.0 Å². The topological polar surface area (TPSA) is 112 Å². The van der Waals surface area contributed by atoms with Crippen LogP contribution in [0.25, 0.3) is 16.8 Å². The molecular weight excluding hydrogens is 478 g/mol. The molecule has 0 radical (unpaired) electrons. The average molecular weight is 508 g/mol. The summed E-state index contributed by atoms with van der Waals surface area (Å²) in [7, 11) is -3.83. The van der Waals surface area contributed by atoms with Crippen molar-refractivity contribution in [1.29, 1.82) is 0 Å². The molecule has 9 nitrogen and oxygen atoms in total. The fourth-order valence-corrected chi connectivity index (χ4v) is 6.10. The highest BCUT2D eigenvalue weighted by Crippen LogP contribution is 2.34. The summed E-state index contributed by atoms with van der Waals surface area (Å²) in [5, 5.41) is 12.4. The number of aromatic nitrogens is 4. The van der Waals surface area contributed by atoms with Gasteiger partial charge in [0.05, 0.1) is 17.6 Å². The second-order valence-corrected chi connectivity index (χ2v) is 10.9. The van der Waals surface area contributed by atoms with Crippen LogP contribution in [0, 0.1) is 20.8 Å². The molecule has 5 rings (SSSR count). The summed E-state index contributed by atoms with van der Waals surface area (Å²) in [4.78, 5) is 0.0815. The van der Waals surface area contributed by atoms with Crippen LogP contribution in [0.15, 0.2) is 58.1 Å². The lowest BCUT2D eigenvalue weighted by Crippen LogP contribution is -2.33. The van der Waals surface area contributed by atoms with E-state index in [4.69, 9.17) is 9.26 Å². The molecule has 1 saturated carbocycles. The minimum absolute atomic E-state index is 0.0696. The van der Waals surface area contributed by atoms with E-state index >= 15 is 0 Å². The fraction of sp³-hybridized carbons (Fsp3) is 0.346. The van der Waals surface area contributed by atoms with Crippen molar-refractivity contribution in [3.63, 3.8) is 0 Å². The van der Waals surface area contributed by atoms with Gasteiger partial charge in [0, 0.05) is 11.6 Å². The maximum absolute atomic E-state index is 13.5. The van der Waals surface area contributed by atoms with Crippen LogP contribution in [0.3, 0.4) is 0 Å². The van der Waals surface area contributed by atoms with Crippen molar-refractivity contribution < 1.29 is 17.7 Å². The molecule has 0 bridgehead atoms. The van der Waals surface area contributed by atoms with E-state index in [1.165, 1.54) is 0 Å². The molecular formula is C26H29N5O4S. The van der Waals surface area contributed by atoms with E-state index in [1.807, 2.05) is 51.1 Å². The molecule has 0 amide bonds. The van der Waals surface area contributed by atoms with Gasteiger partial charge in [-0.15, -0.1) is 5.10 Å². The zero-order valence-electron chi connectivity index (χ0n) is 20.6. The zero-order valence-corrected chi connectivity index (χ0v) is 21.4. The number of hydrogen-bond donors (Lipinski definition) is 1. The third kappa shape index (κ3) is 5.05. The first-order chi connectivity index (χ1) is 17.3. The Morgan fingerprint density at radius 2 is 1.92 bits per heavy atom. The molecule has 0 aliphatic heterocycles. The van der Waals surface area contributed by atoms with Gasteiger partial charge in [0.1, 0.15) is 28.7 Å². The van der Waals surface area contributed by atoms with Crippen molar-refractivity contribution >= 4 is 10.0 Å². The highest BCUT2D eigenvalue weighted by atomic mass is 32.2. The van der Waals surface area contributed by atoms with Crippen molar-refractivity contribution in [2.75, 3.05) is 0 Å². The van der Waals surface area contributed by atoms with Gasteiger partial charge < -0.3 is 9.26 Å². The molecule has 1 aliphatic rings. The average Bonchev–Trinajstić information content (AvgIpc) is 3.60. The van der Waals surface area contributed by atoms with Crippen LogP contribution in [0.2, 0.25) is 0 Å². The van der Waals surface area contributed by atoms with Crippen LogP contribution in [0.4, 0.5) is 0 Å². The van der Waals surface area contributed by atoms with Crippen molar-refractivity contribution in [2.45, 2.75) is 64.0 Å². The number of rotatable bonds is 8. The maximum atomic E-state index is 13.5. The molecule has 0 atom stereocenters. The molecule has 10 heteroatoms. The molecule has 2 aromatic heterocycles. The molecule has 2 heterocycles. The summed E-state index contributed by atoms with van der Waals surface area (Å²) >= 11 is 0. The molecule has 1 fully saturated rings. The minimum atomic E-state index is -3.83. The van der Waals surface area contributed by atoms with Crippen molar-refractivity contribution in [3.8, 4) is 22.6 Å². The number of aryl methyl sites for hydroxylation is 3. The fourth-order valence-electron chi connectivity index (χ4n) is 4.63. The Labute approximate surface area is 210 Å². The van der Waals surface area contributed by atoms with Gasteiger partial charge in [-0.2, -0.15) is 0 Å². The Balaban J connectivity index is 1.44. The van der Waals surface area contributed by atoms with E-state index in [0.29, 0.717) is 22.7 Å². The number of nitrogens with one attached hydrogen (secondary N) is 1. The molecule has 0 spiro atoms.